The third-order valence-corrected chi connectivity index (χ3v) is 4.64. The Kier molecular flexibility index (Phi) is 4.02. The van der Waals surface area contributed by atoms with Gasteiger partial charge in [0.25, 0.3) is 0 Å². The summed E-state index contributed by atoms with van der Waals surface area (Å²) in [5, 5.41) is 0. The van der Waals surface area contributed by atoms with Crippen LogP contribution in [0.2, 0.25) is 0 Å². The molecule has 0 amide bonds. The monoisotopic (exact) mass is 300 g/mol. The number of rotatable bonds is 3. The molecule has 8 heteroatoms. The van der Waals surface area contributed by atoms with Gasteiger partial charge in [0.05, 0.1) is 18.1 Å². The van der Waals surface area contributed by atoms with Gasteiger partial charge in [0.1, 0.15) is 4.99 Å². The van der Waals surface area contributed by atoms with Crippen LogP contribution in [0.25, 0.3) is 0 Å². The summed E-state index contributed by atoms with van der Waals surface area (Å²) in [7, 11) is -3.12. The predicted molar refractivity (Wildman–Crippen MR) is 78.8 cm³/mol. The van der Waals surface area contributed by atoms with Crippen molar-refractivity contribution in [2.75, 3.05) is 37.3 Å². The summed E-state index contributed by atoms with van der Waals surface area (Å²) in [5.74, 6) is 0. The molecule has 1 aromatic heterocycles. The third kappa shape index (κ3) is 3.20. The molecule has 1 aliphatic heterocycles. The number of anilines is 1. The van der Waals surface area contributed by atoms with Gasteiger partial charge in [-0.2, -0.15) is 4.31 Å². The van der Waals surface area contributed by atoms with E-state index >= 15 is 0 Å². The molecule has 0 saturated carbocycles. The van der Waals surface area contributed by atoms with Crippen LogP contribution in [0.15, 0.2) is 18.5 Å². The van der Waals surface area contributed by atoms with Crippen LogP contribution in [-0.2, 0) is 10.0 Å². The van der Waals surface area contributed by atoms with Crippen LogP contribution >= 0.6 is 12.2 Å². The minimum absolute atomic E-state index is 0.322. The number of thiocarbonyl (C=S) groups is 1. The van der Waals surface area contributed by atoms with Crippen molar-refractivity contribution in [3.05, 3.63) is 24.0 Å². The zero-order valence-electron chi connectivity index (χ0n) is 10.6. The Morgan fingerprint density at radius 1 is 1.37 bits per heavy atom. The van der Waals surface area contributed by atoms with Gasteiger partial charge in [0, 0.05) is 37.9 Å². The third-order valence-electron chi connectivity index (χ3n) is 3.11. The van der Waals surface area contributed by atoms with Gasteiger partial charge in [-0.25, -0.2) is 8.42 Å². The minimum atomic E-state index is -3.12. The Morgan fingerprint density at radius 3 is 2.53 bits per heavy atom. The fourth-order valence-corrected chi connectivity index (χ4v) is 3.11. The van der Waals surface area contributed by atoms with Crippen LogP contribution in [0.3, 0.4) is 0 Å². The highest BCUT2D eigenvalue weighted by Gasteiger charge is 2.24. The number of pyridine rings is 1. The molecule has 1 aliphatic rings. The summed E-state index contributed by atoms with van der Waals surface area (Å²) < 4.78 is 24.4. The number of nitrogens with zero attached hydrogens (tertiary/aromatic N) is 3. The van der Waals surface area contributed by atoms with Crippen molar-refractivity contribution in [1.82, 2.24) is 9.29 Å². The zero-order valence-corrected chi connectivity index (χ0v) is 12.2. The number of aromatic nitrogens is 1. The van der Waals surface area contributed by atoms with Gasteiger partial charge < -0.3 is 10.6 Å². The summed E-state index contributed by atoms with van der Waals surface area (Å²) in [5.41, 5.74) is 7.33. The molecule has 0 aliphatic carbocycles. The quantitative estimate of drug-likeness (QED) is 0.779. The normalized spacial score (nSPS) is 17.4. The number of hydrogen-bond acceptors (Lipinski definition) is 5. The molecule has 0 radical (unpaired) electrons. The number of nitrogens with two attached hydrogens (primary N) is 1. The maximum Gasteiger partial charge on any atom is 0.211 e. The van der Waals surface area contributed by atoms with Crippen LogP contribution in [0.1, 0.15) is 5.56 Å². The van der Waals surface area contributed by atoms with Gasteiger partial charge in [-0.05, 0) is 6.07 Å². The molecule has 104 valence electrons. The second-order valence-corrected chi connectivity index (χ2v) is 6.83. The van der Waals surface area contributed by atoms with E-state index < -0.39 is 10.0 Å². The molecule has 0 aromatic carbocycles. The lowest BCUT2D eigenvalue weighted by Gasteiger charge is -2.35. The first-order chi connectivity index (χ1) is 8.89. The smallest absolute Gasteiger partial charge is 0.211 e. The maximum atomic E-state index is 11.5. The highest BCUT2D eigenvalue weighted by molar-refractivity contribution is 7.88. The van der Waals surface area contributed by atoms with Gasteiger partial charge in [0.15, 0.2) is 0 Å². The first-order valence-corrected chi connectivity index (χ1v) is 8.09. The van der Waals surface area contributed by atoms with Crippen LogP contribution in [0.4, 0.5) is 5.69 Å². The highest BCUT2D eigenvalue weighted by atomic mass is 32.2. The van der Waals surface area contributed by atoms with Crippen molar-refractivity contribution in [2.45, 2.75) is 0 Å². The molecule has 0 bridgehead atoms. The largest absolute Gasteiger partial charge is 0.389 e. The van der Waals surface area contributed by atoms with Gasteiger partial charge in [-0.3, -0.25) is 4.98 Å². The molecule has 1 aromatic rings. The summed E-state index contributed by atoms with van der Waals surface area (Å²) in [6.07, 6.45) is 4.59. The van der Waals surface area contributed by atoms with E-state index in [1.165, 1.54) is 10.6 Å². The van der Waals surface area contributed by atoms with E-state index in [1.807, 2.05) is 0 Å². The zero-order chi connectivity index (χ0) is 14.0. The van der Waals surface area contributed by atoms with E-state index in [9.17, 15) is 8.42 Å². The number of hydrogen-bond donors (Lipinski definition) is 1. The highest BCUT2D eigenvalue weighted by Crippen LogP contribution is 2.21. The van der Waals surface area contributed by atoms with Crippen LogP contribution < -0.4 is 10.6 Å². The number of piperazine rings is 1. The fraction of sp³-hybridized carbons (Fsp3) is 0.455. The van der Waals surface area contributed by atoms with E-state index in [4.69, 9.17) is 18.0 Å². The van der Waals surface area contributed by atoms with Gasteiger partial charge in [0.2, 0.25) is 10.0 Å². The average Bonchev–Trinajstić information content (AvgIpc) is 2.38. The molecule has 0 spiro atoms. The summed E-state index contributed by atoms with van der Waals surface area (Å²) >= 11 is 5.02. The SMILES string of the molecule is CS(=O)(=O)N1CCN(c2cnccc2C(N)=S)CC1. The summed E-state index contributed by atoms with van der Waals surface area (Å²) in [6.45, 7) is 2.14. The van der Waals surface area contributed by atoms with Crippen molar-refractivity contribution in [2.24, 2.45) is 5.73 Å². The van der Waals surface area contributed by atoms with E-state index in [0.717, 1.165) is 11.3 Å². The first kappa shape index (κ1) is 14.2. The van der Waals surface area contributed by atoms with Crippen LogP contribution in [0, 0.1) is 0 Å². The Balaban J connectivity index is 2.16. The summed E-state index contributed by atoms with van der Waals surface area (Å²) in [6, 6.07) is 1.78. The lowest BCUT2D eigenvalue weighted by atomic mass is 10.2. The molecule has 2 heterocycles. The van der Waals surface area contributed by atoms with E-state index in [2.05, 4.69) is 9.88 Å². The van der Waals surface area contributed by atoms with Crippen molar-refractivity contribution in [1.29, 1.82) is 0 Å². The molecule has 2 rings (SSSR count). The standard InChI is InChI=1S/C11H16N4O2S2/c1-19(16,17)15-6-4-14(5-7-15)10-8-13-3-2-9(10)11(12)18/h2-3,8H,4-7H2,1H3,(H2,12,18). The molecule has 6 nitrogen and oxygen atoms in total. The fourth-order valence-electron chi connectivity index (χ4n) is 2.11. The molecular formula is C11H16N4O2S2. The second kappa shape index (κ2) is 5.40. The van der Waals surface area contributed by atoms with Gasteiger partial charge >= 0.3 is 0 Å². The first-order valence-electron chi connectivity index (χ1n) is 5.83. The lowest BCUT2D eigenvalue weighted by molar-refractivity contribution is 0.388. The molecule has 0 atom stereocenters. The van der Waals surface area contributed by atoms with Crippen LogP contribution in [-0.4, -0.2) is 55.1 Å². The van der Waals surface area contributed by atoms with E-state index in [-0.39, 0.29) is 0 Å². The van der Waals surface area contributed by atoms with Crippen molar-refractivity contribution in [3.8, 4) is 0 Å². The molecular weight excluding hydrogens is 284 g/mol. The summed E-state index contributed by atoms with van der Waals surface area (Å²) in [4.78, 5) is 6.46. The van der Waals surface area contributed by atoms with Crippen LogP contribution in [0.5, 0.6) is 0 Å². The second-order valence-electron chi connectivity index (χ2n) is 4.41. The predicted octanol–water partition coefficient (Wildman–Crippen LogP) is -0.203. The maximum absolute atomic E-state index is 11.5. The van der Waals surface area contributed by atoms with Gasteiger partial charge in [-0.1, -0.05) is 12.2 Å². The molecule has 2 N–H and O–H groups in total. The average molecular weight is 300 g/mol. The molecule has 19 heavy (non-hydrogen) atoms. The van der Waals surface area contributed by atoms with E-state index in [0.29, 0.717) is 31.2 Å². The molecule has 1 saturated heterocycles. The molecule has 0 unspecified atom stereocenters. The Bertz CT molecular complexity index is 580. The number of sulfonamides is 1. The van der Waals surface area contributed by atoms with Crippen molar-refractivity contribution < 1.29 is 8.42 Å². The lowest BCUT2D eigenvalue weighted by Crippen LogP contribution is -2.48. The Labute approximate surface area is 118 Å². The molecule has 1 fully saturated rings. The Morgan fingerprint density at radius 2 is 2.00 bits per heavy atom. The minimum Gasteiger partial charge on any atom is -0.389 e. The topological polar surface area (TPSA) is 79.5 Å². The van der Waals surface area contributed by atoms with Gasteiger partial charge in [-0.15, -0.1) is 0 Å². The van der Waals surface area contributed by atoms with Crippen molar-refractivity contribution >= 4 is 32.9 Å². The van der Waals surface area contributed by atoms with Crippen molar-refractivity contribution in [3.63, 3.8) is 0 Å². The Hall–Kier alpha value is -1.25. The van der Waals surface area contributed by atoms with E-state index in [1.54, 1.807) is 18.5 Å².